The smallest absolute Gasteiger partial charge is 0.191 e. The first kappa shape index (κ1) is 16.9. The predicted octanol–water partition coefficient (Wildman–Crippen LogP) is 2.97. The maximum absolute atomic E-state index is 5.64. The minimum absolute atomic E-state index is 0.191. The second-order valence-corrected chi connectivity index (χ2v) is 5.49. The summed E-state index contributed by atoms with van der Waals surface area (Å²) in [7, 11) is 1.77. The average Bonchev–Trinajstić information content (AvgIpc) is 3.05. The van der Waals surface area contributed by atoms with E-state index >= 15 is 0 Å². The number of aliphatic imine (C=N–C) groups is 1. The van der Waals surface area contributed by atoms with Gasteiger partial charge in [0.25, 0.3) is 0 Å². The zero-order chi connectivity index (χ0) is 16.5. The Hall–Kier alpha value is -2.43. The van der Waals surface area contributed by atoms with Gasteiger partial charge < -0.3 is 19.8 Å². The number of hydrogen-bond acceptors (Lipinski definition) is 3. The Kier molecular flexibility index (Phi) is 6.54. The van der Waals surface area contributed by atoms with E-state index in [2.05, 4.69) is 27.8 Å². The lowest BCUT2D eigenvalue weighted by Crippen LogP contribution is -2.37. The monoisotopic (exact) mass is 315 g/mol. The molecule has 124 valence electrons. The van der Waals surface area contributed by atoms with Crippen LogP contribution in [0.2, 0.25) is 0 Å². The molecule has 0 unspecified atom stereocenters. The highest BCUT2D eigenvalue weighted by Crippen LogP contribution is 2.13. The van der Waals surface area contributed by atoms with Gasteiger partial charge >= 0.3 is 0 Å². The number of nitrogens with zero attached hydrogens (tertiary/aromatic N) is 1. The minimum atomic E-state index is 0.191. The van der Waals surface area contributed by atoms with Gasteiger partial charge in [0.05, 0.1) is 12.4 Å². The van der Waals surface area contributed by atoms with Crippen molar-refractivity contribution in [1.82, 2.24) is 10.6 Å². The molecule has 0 aliphatic carbocycles. The molecule has 0 atom stereocenters. The van der Waals surface area contributed by atoms with Crippen molar-refractivity contribution in [1.29, 1.82) is 0 Å². The van der Waals surface area contributed by atoms with Gasteiger partial charge in [-0.2, -0.15) is 0 Å². The lowest BCUT2D eigenvalue weighted by Gasteiger charge is -2.13. The van der Waals surface area contributed by atoms with Crippen molar-refractivity contribution in [3.63, 3.8) is 0 Å². The van der Waals surface area contributed by atoms with E-state index in [1.807, 2.05) is 38.1 Å². The summed E-state index contributed by atoms with van der Waals surface area (Å²) in [6, 6.07) is 12.0. The Bertz CT molecular complexity index is 589. The molecule has 2 aromatic rings. The summed E-state index contributed by atoms with van der Waals surface area (Å²) < 4.78 is 10.9. The molecule has 0 amide bonds. The molecule has 1 aromatic heterocycles. The Morgan fingerprint density at radius 1 is 1.17 bits per heavy atom. The van der Waals surface area contributed by atoms with Crippen LogP contribution in [0.5, 0.6) is 5.75 Å². The summed E-state index contributed by atoms with van der Waals surface area (Å²) in [5.41, 5.74) is 1.18. The SMILES string of the molecule is CN=C(NCCc1ccco1)NCc1ccc(OC(C)C)cc1. The fourth-order valence-corrected chi connectivity index (χ4v) is 2.12. The molecular weight excluding hydrogens is 290 g/mol. The molecule has 0 bridgehead atoms. The minimum Gasteiger partial charge on any atom is -0.491 e. The molecule has 23 heavy (non-hydrogen) atoms. The summed E-state index contributed by atoms with van der Waals surface area (Å²) >= 11 is 0. The zero-order valence-corrected chi connectivity index (χ0v) is 14.0. The van der Waals surface area contributed by atoms with Crippen LogP contribution in [-0.4, -0.2) is 25.7 Å². The number of guanidine groups is 1. The van der Waals surface area contributed by atoms with E-state index < -0.39 is 0 Å². The maximum Gasteiger partial charge on any atom is 0.191 e. The molecule has 2 N–H and O–H groups in total. The second kappa shape index (κ2) is 8.88. The van der Waals surface area contributed by atoms with Gasteiger partial charge in [-0.25, -0.2) is 0 Å². The van der Waals surface area contributed by atoms with Crippen LogP contribution in [0.25, 0.3) is 0 Å². The van der Waals surface area contributed by atoms with Gasteiger partial charge in [-0.05, 0) is 43.7 Å². The Morgan fingerprint density at radius 3 is 2.57 bits per heavy atom. The Morgan fingerprint density at radius 2 is 1.96 bits per heavy atom. The fourth-order valence-electron chi connectivity index (χ4n) is 2.12. The highest BCUT2D eigenvalue weighted by atomic mass is 16.5. The molecule has 0 fully saturated rings. The van der Waals surface area contributed by atoms with Crippen LogP contribution in [-0.2, 0) is 13.0 Å². The van der Waals surface area contributed by atoms with Crippen LogP contribution in [0, 0.1) is 0 Å². The summed E-state index contributed by atoms with van der Waals surface area (Å²) in [6.07, 6.45) is 2.71. The molecule has 0 spiro atoms. The van der Waals surface area contributed by atoms with E-state index in [0.29, 0.717) is 6.54 Å². The first-order valence-corrected chi connectivity index (χ1v) is 7.90. The van der Waals surface area contributed by atoms with Gasteiger partial charge in [-0.15, -0.1) is 0 Å². The summed E-state index contributed by atoms with van der Waals surface area (Å²) in [6.45, 7) is 5.53. The van der Waals surface area contributed by atoms with Crippen molar-refractivity contribution in [2.24, 2.45) is 4.99 Å². The van der Waals surface area contributed by atoms with E-state index in [1.165, 1.54) is 5.56 Å². The average molecular weight is 315 g/mol. The van der Waals surface area contributed by atoms with Gasteiger partial charge in [0.1, 0.15) is 11.5 Å². The van der Waals surface area contributed by atoms with Crippen molar-refractivity contribution in [2.45, 2.75) is 32.9 Å². The number of furan rings is 1. The lowest BCUT2D eigenvalue weighted by molar-refractivity contribution is 0.242. The largest absolute Gasteiger partial charge is 0.491 e. The zero-order valence-electron chi connectivity index (χ0n) is 14.0. The number of hydrogen-bond donors (Lipinski definition) is 2. The first-order chi connectivity index (χ1) is 11.2. The lowest BCUT2D eigenvalue weighted by atomic mass is 10.2. The molecule has 1 aromatic carbocycles. The molecule has 5 heteroatoms. The van der Waals surface area contributed by atoms with E-state index in [1.54, 1.807) is 13.3 Å². The molecule has 0 saturated heterocycles. The molecular formula is C18H25N3O2. The molecule has 2 rings (SSSR count). The molecule has 0 radical (unpaired) electrons. The predicted molar refractivity (Wildman–Crippen MR) is 92.8 cm³/mol. The number of ether oxygens (including phenoxy) is 1. The fraction of sp³-hybridized carbons (Fsp3) is 0.389. The first-order valence-electron chi connectivity index (χ1n) is 7.90. The topological polar surface area (TPSA) is 58.8 Å². The third-order valence-electron chi connectivity index (χ3n) is 3.22. The second-order valence-electron chi connectivity index (χ2n) is 5.49. The van der Waals surface area contributed by atoms with Crippen molar-refractivity contribution < 1.29 is 9.15 Å². The van der Waals surface area contributed by atoms with Crippen LogP contribution in [0.4, 0.5) is 0 Å². The molecule has 0 saturated carbocycles. The van der Waals surface area contributed by atoms with Crippen LogP contribution >= 0.6 is 0 Å². The molecule has 0 aliphatic rings. The maximum atomic E-state index is 5.64. The van der Waals surface area contributed by atoms with Crippen LogP contribution in [0.15, 0.2) is 52.1 Å². The van der Waals surface area contributed by atoms with E-state index in [-0.39, 0.29) is 6.10 Å². The molecule has 5 nitrogen and oxygen atoms in total. The van der Waals surface area contributed by atoms with Gasteiger partial charge in [0.2, 0.25) is 0 Å². The highest BCUT2D eigenvalue weighted by molar-refractivity contribution is 5.79. The number of rotatable bonds is 7. The van der Waals surface area contributed by atoms with Crippen molar-refractivity contribution >= 4 is 5.96 Å². The highest BCUT2D eigenvalue weighted by Gasteiger charge is 2.01. The van der Waals surface area contributed by atoms with Gasteiger partial charge in [-0.3, -0.25) is 4.99 Å². The third-order valence-corrected chi connectivity index (χ3v) is 3.22. The van der Waals surface area contributed by atoms with E-state index in [4.69, 9.17) is 9.15 Å². The normalized spacial score (nSPS) is 11.6. The van der Waals surface area contributed by atoms with Gasteiger partial charge in [0.15, 0.2) is 5.96 Å². The van der Waals surface area contributed by atoms with Crippen molar-refractivity contribution in [2.75, 3.05) is 13.6 Å². The Balaban J connectivity index is 1.74. The summed E-state index contributed by atoms with van der Waals surface area (Å²) in [5.74, 6) is 2.64. The van der Waals surface area contributed by atoms with E-state index in [0.717, 1.165) is 30.4 Å². The van der Waals surface area contributed by atoms with Gasteiger partial charge in [-0.1, -0.05) is 12.1 Å². The quantitative estimate of drug-likeness (QED) is 0.609. The van der Waals surface area contributed by atoms with E-state index in [9.17, 15) is 0 Å². The van der Waals surface area contributed by atoms with Crippen LogP contribution in [0.1, 0.15) is 25.2 Å². The van der Waals surface area contributed by atoms with Crippen LogP contribution in [0.3, 0.4) is 0 Å². The van der Waals surface area contributed by atoms with Crippen molar-refractivity contribution in [3.05, 3.63) is 54.0 Å². The summed E-state index contributed by atoms with van der Waals surface area (Å²) in [4.78, 5) is 4.22. The molecule has 1 heterocycles. The number of nitrogens with one attached hydrogen (secondary N) is 2. The standard InChI is InChI=1S/C18H25N3O2/c1-14(2)23-17-8-6-15(7-9-17)13-21-18(19-3)20-11-10-16-5-4-12-22-16/h4-9,12,14H,10-11,13H2,1-3H3,(H2,19,20,21). The molecule has 0 aliphatic heterocycles. The third kappa shape index (κ3) is 6.06. The van der Waals surface area contributed by atoms with Gasteiger partial charge in [0, 0.05) is 26.6 Å². The van der Waals surface area contributed by atoms with Crippen LogP contribution < -0.4 is 15.4 Å². The van der Waals surface area contributed by atoms with Crippen molar-refractivity contribution in [3.8, 4) is 5.75 Å². The summed E-state index contributed by atoms with van der Waals surface area (Å²) in [5, 5.41) is 6.56. The number of benzene rings is 1. The Labute approximate surface area is 137 Å².